The second-order valence-corrected chi connectivity index (χ2v) is 4.91. The zero-order valence-corrected chi connectivity index (χ0v) is 10.9. The van der Waals surface area contributed by atoms with E-state index in [1.54, 1.807) is 4.57 Å². The van der Waals surface area contributed by atoms with Gasteiger partial charge in [-0.1, -0.05) is 0 Å². The van der Waals surface area contributed by atoms with Crippen LogP contribution in [0, 0.1) is 0 Å². The van der Waals surface area contributed by atoms with Gasteiger partial charge in [-0.05, 0) is 0 Å². The van der Waals surface area contributed by atoms with Gasteiger partial charge in [-0.2, -0.15) is 0 Å². The zero-order chi connectivity index (χ0) is 13.8. The lowest BCUT2D eigenvalue weighted by Crippen LogP contribution is -2.23. The van der Waals surface area contributed by atoms with Gasteiger partial charge in [-0.25, -0.2) is 15.0 Å². The fourth-order valence-electron chi connectivity index (χ4n) is 1.60. The summed E-state index contributed by atoms with van der Waals surface area (Å²) in [5.41, 5.74) is 6.64. The molecule has 0 aromatic carbocycles. The minimum atomic E-state index is -2.72. The third-order valence-corrected chi connectivity index (χ3v) is 2.89. The molecule has 4 N–H and O–H groups in total. The van der Waals surface area contributed by atoms with Crippen LogP contribution in [-0.2, 0) is 15.8 Å². The first kappa shape index (κ1) is 13.9. The molecular formula is C9H14N5O4P. The molecule has 2 aromatic rings. The lowest BCUT2D eigenvalue weighted by molar-refractivity contribution is 0.0250. The molecule has 2 aromatic heterocycles. The van der Waals surface area contributed by atoms with E-state index >= 15 is 0 Å². The Labute approximate surface area is 108 Å². The molecule has 2 rings (SSSR count). The molecule has 2 unspecified atom stereocenters. The highest BCUT2D eigenvalue weighted by molar-refractivity contribution is 7.37. The standard InChI is InChI=1S/C9H14N5O4P/c10-8-7-9(12-3-11-8)14(4-13-7)1-6(2-15)18-5-19(16)17/h3-4,6,15,19H,1-2,5H2,(H,16,17)(H2,10,11,12). The number of hydrogen-bond donors (Lipinski definition) is 3. The van der Waals surface area contributed by atoms with Crippen LogP contribution >= 0.6 is 8.03 Å². The van der Waals surface area contributed by atoms with Crippen molar-refractivity contribution in [2.75, 3.05) is 18.7 Å². The summed E-state index contributed by atoms with van der Waals surface area (Å²) in [6, 6.07) is 0. The monoisotopic (exact) mass is 287 g/mol. The molecule has 0 radical (unpaired) electrons. The molecule has 104 valence electrons. The van der Waals surface area contributed by atoms with Crippen molar-refractivity contribution < 1.29 is 19.3 Å². The molecule has 0 amide bonds. The summed E-state index contributed by atoms with van der Waals surface area (Å²) in [6.45, 7) is -0.0337. The Balaban J connectivity index is 2.15. The van der Waals surface area contributed by atoms with Crippen LogP contribution in [-0.4, -0.2) is 48.6 Å². The number of aromatic nitrogens is 4. The maximum Gasteiger partial charge on any atom is 0.214 e. The van der Waals surface area contributed by atoms with Gasteiger partial charge in [0.25, 0.3) is 0 Å². The molecule has 10 heteroatoms. The Hall–Kier alpha value is -1.54. The third-order valence-electron chi connectivity index (χ3n) is 2.48. The van der Waals surface area contributed by atoms with Crippen LogP contribution in [0.2, 0.25) is 0 Å². The van der Waals surface area contributed by atoms with E-state index in [4.69, 9.17) is 15.4 Å². The SMILES string of the molecule is Nc1ncnc2c1ncn2CC(CO)OC[PH](=O)O. The molecule has 9 nitrogen and oxygen atoms in total. The maximum absolute atomic E-state index is 10.6. The first-order chi connectivity index (χ1) is 9.11. The Morgan fingerprint density at radius 3 is 2.95 bits per heavy atom. The molecule has 0 aliphatic rings. The average Bonchev–Trinajstić information content (AvgIpc) is 2.79. The number of nitrogen functional groups attached to an aromatic ring is 1. The lowest BCUT2D eigenvalue weighted by Gasteiger charge is -2.15. The van der Waals surface area contributed by atoms with Crippen molar-refractivity contribution in [1.82, 2.24) is 19.5 Å². The van der Waals surface area contributed by atoms with Crippen molar-refractivity contribution in [3.63, 3.8) is 0 Å². The summed E-state index contributed by atoms with van der Waals surface area (Å²) in [4.78, 5) is 20.7. The molecule has 19 heavy (non-hydrogen) atoms. The Morgan fingerprint density at radius 2 is 2.26 bits per heavy atom. The van der Waals surface area contributed by atoms with Gasteiger partial charge in [0.05, 0.1) is 25.6 Å². The Bertz CT molecular complexity index is 589. The molecular weight excluding hydrogens is 273 g/mol. The van der Waals surface area contributed by atoms with Gasteiger partial charge in [0, 0.05) is 0 Å². The van der Waals surface area contributed by atoms with E-state index in [9.17, 15) is 9.67 Å². The van der Waals surface area contributed by atoms with E-state index in [-0.39, 0.29) is 25.3 Å². The van der Waals surface area contributed by atoms with Crippen LogP contribution in [0.3, 0.4) is 0 Å². The van der Waals surface area contributed by atoms with E-state index in [0.29, 0.717) is 11.2 Å². The van der Waals surface area contributed by atoms with E-state index in [0.717, 1.165) is 0 Å². The fourth-order valence-corrected chi connectivity index (χ4v) is 1.98. The van der Waals surface area contributed by atoms with E-state index in [2.05, 4.69) is 15.0 Å². The normalized spacial score (nSPS) is 14.6. The summed E-state index contributed by atoms with van der Waals surface area (Å²) in [5, 5.41) is 9.18. The van der Waals surface area contributed by atoms with Crippen LogP contribution in [0.4, 0.5) is 5.82 Å². The highest BCUT2D eigenvalue weighted by Gasteiger charge is 2.14. The van der Waals surface area contributed by atoms with Crippen LogP contribution in [0.25, 0.3) is 11.2 Å². The number of rotatable bonds is 6. The molecule has 0 aliphatic heterocycles. The van der Waals surface area contributed by atoms with Gasteiger partial charge < -0.3 is 25.0 Å². The number of nitrogens with zero attached hydrogens (tertiary/aromatic N) is 4. The lowest BCUT2D eigenvalue weighted by atomic mass is 10.3. The minimum absolute atomic E-state index is 0.249. The molecule has 0 aliphatic carbocycles. The van der Waals surface area contributed by atoms with Crippen molar-refractivity contribution in [2.45, 2.75) is 12.6 Å². The van der Waals surface area contributed by atoms with Gasteiger partial charge >= 0.3 is 0 Å². The van der Waals surface area contributed by atoms with E-state index in [1.807, 2.05) is 0 Å². The van der Waals surface area contributed by atoms with Gasteiger partial charge in [0.2, 0.25) is 8.03 Å². The van der Waals surface area contributed by atoms with Crippen LogP contribution in [0.5, 0.6) is 0 Å². The minimum Gasteiger partial charge on any atom is -0.394 e. The van der Waals surface area contributed by atoms with Crippen molar-refractivity contribution in [1.29, 1.82) is 0 Å². The molecule has 2 heterocycles. The van der Waals surface area contributed by atoms with Crippen molar-refractivity contribution in [3.8, 4) is 0 Å². The van der Waals surface area contributed by atoms with Crippen molar-refractivity contribution >= 4 is 25.0 Å². The Kier molecular flexibility index (Phi) is 4.43. The highest BCUT2D eigenvalue weighted by atomic mass is 31.1. The van der Waals surface area contributed by atoms with E-state index in [1.165, 1.54) is 12.7 Å². The highest BCUT2D eigenvalue weighted by Crippen LogP contribution is 2.17. The first-order valence-electron chi connectivity index (χ1n) is 5.47. The Morgan fingerprint density at radius 1 is 1.47 bits per heavy atom. The number of fused-ring (bicyclic) bond motifs is 1. The number of aliphatic hydroxyl groups excluding tert-OH is 1. The van der Waals surface area contributed by atoms with Crippen molar-refractivity contribution in [3.05, 3.63) is 12.7 Å². The number of hydrogen-bond acceptors (Lipinski definition) is 7. The largest absolute Gasteiger partial charge is 0.394 e. The maximum atomic E-state index is 10.6. The molecule has 0 bridgehead atoms. The summed E-state index contributed by atoms with van der Waals surface area (Å²) in [7, 11) is -2.72. The van der Waals surface area contributed by atoms with Crippen LogP contribution in [0.15, 0.2) is 12.7 Å². The summed E-state index contributed by atoms with van der Waals surface area (Å²) in [6.07, 6.45) is 1.91. The smallest absolute Gasteiger partial charge is 0.214 e. The number of nitrogens with two attached hydrogens (primary N) is 1. The molecule has 0 spiro atoms. The van der Waals surface area contributed by atoms with E-state index < -0.39 is 14.1 Å². The van der Waals surface area contributed by atoms with Gasteiger partial charge in [0.15, 0.2) is 11.5 Å². The third kappa shape index (κ3) is 3.27. The summed E-state index contributed by atoms with van der Waals surface area (Å²) in [5.74, 6) is 0.269. The first-order valence-corrected chi connectivity index (χ1v) is 7.03. The second-order valence-electron chi connectivity index (χ2n) is 3.84. The predicted molar refractivity (Wildman–Crippen MR) is 67.8 cm³/mol. The van der Waals surface area contributed by atoms with Gasteiger partial charge in [-0.15, -0.1) is 0 Å². The second kappa shape index (κ2) is 6.07. The number of imidazole rings is 1. The zero-order valence-electron chi connectivity index (χ0n) is 9.93. The fraction of sp³-hybridized carbons (Fsp3) is 0.444. The summed E-state index contributed by atoms with van der Waals surface area (Å²) < 4.78 is 17.4. The molecule has 0 fully saturated rings. The molecule has 0 saturated carbocycles. The van der Waals surface area contributed by atoms with Crippen LogP contribution in [0.1, 0.15) is 0 Å². The quantitative estimate of drug-likeness (QED) is 0.588. The van der Waals surface area contributed by atoms with Gasteiger partial charge in [-0.3, -0.25) is 4.57 Å². The summed E-state index contributed by atoms with van der Waals surface area (Å²) >= 11 is 0. The number of ether oxygens (including phenoxy) is 1. The predicted octanol–water partition coefficient (Wildman–Crippen LogP) is -0.790. The number of anilines is 1. The number of aliphatic hydroxyl groups is 1. The van der Waals surface area contributed by atoms with Crippen LogP contribution < -0.4 is 5.73 Å². The average molecular weight is 287 g/mol. The molecule has 2 atom stereocenters. The van der Waals surface area contributed by atoms with Gasteiger partial charge in [0.1, 0.15) is 18.2 Å². The van der Waals surface area contributed by atoms with Crippen molar-refractivity contribution in [2.24, 2.45) is 0 Å². The molecule has 0 saturated heterocycles. The topological polar surface area (TPSA) is 136 Å².